The molecular formula is C10H5ClINO2S. The monoisotopic (exact) mass is 365 g/mol. The lowest BCUT2D eigenvalue weighted by Crippen LogP contribution is -2.00. The van der Waals surface area contributed by atoms with Crippen LogP contribution in [0.15, 0.2) is 18.2 Å². The van der Waals surface area contributed by atoms with Gasteiger partial charge in [0.15, 0.2) is 0 Å². The number of fused-ring (bicyclic) bond motifs is 1. The number of aromatic amines is 1. The van der Waals surface area contributed by atoms with Crippen molar-refractivity contribution in [3.05, 3.63) is 37.0 Å². The summed E-state index contributed by atoms with van der Waals surface area (Å²) >= 11 is 13.3. The van der Waals surface area contributed by atoms with Crippen molar-refractivity contribution in [1.82, 2.24) is 4.98 Å². The van der Waals surface area contributed by atoms with Crippen LogP contribution >= 0.6 is 46.4 Å². The summed E-state index contributed by atoms with van der Waals surface area (Å²) < 4.78 is 1.36. The lowest BCUT2D eigenvalue weighted by Gasteiger charge is -2.04. The number of hydrogen-bond donors (Lipinski definition) is 2. The first-order valence-electron chi connectivity index (χ1n) is 4.24. The molecule has 0 aliphatic heterocycles. The van der Waals surface area contributed by atoms with Crippen molar-refractivity contribution < 1.29 is 9.90 Å². The molecule has 2 aromatic rings. The molecule has 2 rings (SSSR count). The summed E-state index contributed by atoms with van der Waals surface area (Å²) in [6.45, 7) is 0. The molecule has 0 saturated heterocycles. The Labute approximate surface area is 115 Å². The molecule has 82 valence electrons. The number of nitrogens with one attached hydrogen (secondary N) is 1. The molecule has 1 aromatic carbocycles. The summed E-state index contributed by atoms with van der Waals surface area (Å²) in [5, 5.41) is 10.1. The molecule has 0 spiro atoms. The molecule has 0 saturated carbocycles. The average molecular weight is 366 g/mol. The van der Waals surface area contributed by atoms with Gasteiger partial charge in [0, 0.05) is 14.5 Å². The van der Waals surface area contributed by atoms with Crippen LogP contribution in [0.25, 0.3) is 10.9 Å². The van der Waals surface area contributed by atoms with Gasteiger partial charge in [0.05, 0.1) is 9.53 Å². The van der Waals surface area contributed by atoms with Gasteiger partial charge in [-0.2, -0.15) is 0 Å². The Kier molecular flexibility index (Phi) is 3.18. The molecule has 0 atom stereocenters. The average Bonchev–Trinajstić information content (AvgIpc) is 2.15. The zero-order chi connectivity index (χ0) is 11.9. The van der Waals surface area contributed by atoms with Crippen molar-refractivity contribution in [2.75, 3.05) is 0 Å². The molecule has 0 radical (unpaired) electrons. The normalized spacial score (nSPS) is 10.6. The van der Waals surface area contributed by atoms with Crippen LogP contribution in [0.3, 0.4) is 0 Å². The van der Waals surface area contributed by atoms with Crippen molar-refractivity contribution in [2.24, 2.45) is 0 Å². The van der Waals surface area contributed by atoms with Gasteiger partial charge in [-0.15, -0.1) is 0 Å². The van der Waals surface area contributed by atoms with Gasteiger partial charge in [0.1, 0.15) is 5.69 Å². The standard InChI is InChI=1S/C10H5ClINO2S/c11-5-1-4(12)2-6-9(5)8(16)3-7(13-6)10(14)15/h1-3H,(H,13,16)(H,14,15). The number of rotatable bonds is 1. The summed E-state index contributed by atoms with van der Waals surface area (Å²) in [5.74, 6) is -1.04. The molecule has 0 fully saturated rings. The topological polar surface area (TPSA) is 53.1 Å². The molecule has 0 unspecified atom stereocenters. The van der Waals surface area contributed by atoms with E-state index in [1.165, 1.54) is 6.07 Å². The number of pyridine rings is 1. The van der Waals surface area contributed by atoms with E-state index >= 15 is 0 Å². The van der Waals surface area contributed by atoms with Gasteiger partial charge in [0.2, 0.25) is 0 Å². The maximum atomic E-state index is 10.9. The Morgan fingerprint density at radius 1 is 1.44 bits per heavy atom. The van der Waals surface area contributed by atoms with Gasteiger partial charge in [-0.25, -0.2) is 4.79 Å². The molecule has 2 N–H and O–H groups in total. The molecule has 0 bridgehead atoms. The number of carboxylic acid groups (broad SMARTS) is 1. The van der Waals surface area contributed by atoms with E-state index in [0.29, 0.717) is 20.4 Å². The van der Waals surface area contributed by atoms with Crippen LogP contribution in [0.2, 0.25) is 5.02 Å². The second-order valence-electron chi connectivity index (χ2n) is 3.16. The van der Waals surface area contributed by atoms with Crippen molar-refractivity contribution >= 4 is 63.3 Å². The van der Waals surface area contributed by atoms with Crippen LogP contribution in [-0.4, -0.2) is 16.1 Å². The fraction of sp³-hybridized carbons (Fsp3) is 0. The molecule has 0 aliphatic carbocycles. The zero-order valence-electron chi connectivity index (χ0n) is 7.75. The summed E-state index contributed by atoms with van der Waals surface area (Å²) in [4.78, 5) is 13.6. The van der Waals surface area contributed by atoms with Gasteiger partial charge in [-0.05, 0) is 40.8 Å². The highest BCUT2D eigenvalue weighted by molar-refractivity contribution is 14.1. The van der Waals surface area contributed by atoms with Gasteiger partial charge in [-0.1, -0.05) is 23.8 Å². The third kappa shape index (κ3) is 2.07. The van der Waals surface area contributed by atoms with E-state index in [0.717, 1.165) is 3.57 Å². The largest absolute Gasteiger partial charge is 0.477 e. The van der Waals surface area contributed by atoms with E-state index in [9.17, 15) is 4.79 Å². The summed E-state index contributed by atoms with van der Waals surface area (Å²) in [5.41, 5.74) is 0.706. The van der Waals surface area contributed by atoms with Crippen molar-refractivity contribution in [3.63, 3.8) is 0 Å². The fourth-order valence-corrected chi connectivity index (χ4v) is 2.94. The first kappa shape index (κ1) is 11.8. The Morgan fingerprint density at radius 2 is 2.12 bits per heavy atom. The van der Waals surface area contributed by atoms with Crippen molar-refractivity contribution in [3.8, 4) is 0 Å². The van der Waals surface area contributed by atoms with Crippen LogP contribution in [0, 0.1) is 8.08 Å². The first-order valence-corrected chi connectivity index (χ1v) is 6.11. The molecule has 6 heteroatoms. The maximum Gasteiger partial charge on any atom is 0.352 e. The van der Waals surface area contributed by atoms with Gasteiger partial charge >= 0.3 is 5.97 Å². The Bertz CT molecular complexity index is 653. The number of carbonyl (C=O) groups is 1. The van der Waals surface area contributed by atoms with Crippen molar-refractivity contribution in [2.45, 2.75) is 0 Å². The third-order valence-corrected chi connectivity index (χ3v) is 3.32. The highest BCUT2D eigenvalue weighted by atomic mass is 127. The van der Waals surface area contributed by atoms with Crippen LogP contribution in [0.1, 0.15) is 10.5 Å². The molecule has 16 heavy (non-hydrogen) atoms. The van der Waals surface area contributed by atoms with Crippen LogP contribution in [0.5, 0.6) is 0 Å². The van der Waals surface area contributed by atoms with Crippen molar-refractivity contribution in [1.29, 1.82) is 0 Å². The molecule has 0 amide bonds. The minimum atomic E-state index is -1.04. The fourth-order valence-electron chi connectivity index (χ4n) is 1.42. The molecule has 1 aromatic heterocycles. The van der Waals surface area contributed by atoms with Crippen LogP contribution < -0.4 is 0 Å². The highest BCUT2D eigenvalue weighted by Gasteiger charge is 2.09. The predicted octanol–water partition coefficient (Wildman–Crippen LogP) is 3.85. The van der Waals surface area contributed by atoms with Gasteiger partial charge in [0.25, 0.3) is 0 Å². The van der Waals surface area contributed by atoms with E-state index < -0.39 is 5.97 Å². The quantitative estimate of drug-likeness (QED) is 0.596. The minimum Gasteiger partial charge on any atom is -0.477 e. The number of aromatic carboxylic acids is 1. The Balaban J connectivity index is 2.93. The smallest absolute Gasteiger partial charge is 0.352 e. The number of hydrogen-bond acceptors (Lipinski definition) is 2. The predicted molar refractivity (Wildman–Crippen MR) is 73.8 cm³/mol. The molecular weight excluding hydrogens is 361 g/mol. The van der Waals surface area contributed by atoms with E-state index in [-0.39, 0.29) is 5.69 Å². The first-order chi connectivity index (χ1) is 7.49. The van der Waals surface area contributed by atoms with Crippen LogP contribution in [0.4, 0.5) is 0 Å². The maximum absolute atomic E-state index is 10.9. The second-order valence-corrected chi connectivity index (χ2v) is 5.26. The van der Waals surface area contributed by atoms with Gasteiger partial charge < -0.3 is 10.1 Å². The number of carboxylic acids is 1. The van der Waals surface area contributed by atoms with E-state index in [1.807, 2.05) is 6.07 Å². The number of halogens is 2. The zero-order valence-corrected chi connectivity index (χ0v) is 11.5. The summed E-state index contributed by atoms with van der Waals surface area (Å²) in [6, 6.07) is 5.00. The lowest BCUT2D eigenvalue weighted by atomic mass is 10.2. The SMILES string of the molecule is O=C(O)c1cc(=S)c2c(Cl)cc(I)cc2[nH]1. The lowest BCUT2D eigenvalue weighted by molar-refractivity contribution is 0.0691. The molecule has 0 aliphatic rings. The molecule has 1 heterocycles. The summed E-state index contributed by atoms with van der Waals surface area (Å²) in [6.07, 6.45) is 0. The summed E-state index contributed by atoms with van der Waals surface area (Å²) in [7, 11) is 0. The second kappa shape index (κ2) is 4.31. The Morgan fingerprint density at radius 3 is 2.75 bits per heavy atom. The molecule has 3 nitrogen and oxygen atoms in total. The van der Waals surface area contributed by atoms with E-state index in [4.69, 9.17) is 28.9 Å². The van der Waals surface area contributed by atoms with Gasteiger partial charge in [-0.3, -0.25) is 0 Å². The van der Waals surface area contributed by atoms with E-state index in [2.05, 4.69) is 27.6 Å². The number of H-pyrrole nitrogens is 1. The highest BCUT2D eigenvalue weighted by Crippen LogP contribution is 2.26. The number of aromatic nitrogens is 1. The minimum absolute atomic E-state index is 0.0653. The Hall–Kier alpha value is -0.660. The van der Waals surface area contributed by atoms with E-state index in [1.54, 1.807) is 6.07 Å². The number of benzene rings is 1. The third-order valence-electron chi connectivity index (χ3n) is 2.08. The van der Waals surface area contributed by atoms with Crippen LogP contribution in [-0.2, 0) is 0 Å².